The van der Waals surface area contributed by atoms with E-state index in [-0.39, 0.29) is 21.9 Å². The molecule has 1 saturated heterocycles. The number of phenols is 1. The van der Waals surface area contributed by atoms with Gasteiger partial charge in [0.2, 0.25) is 10.0 Å². The van der Waals surface area contributed by atoms with Crippen molar-refractivity contribution in [1.82, 2.24) is 4.31 Å². The van der Waals surface area contributed by atoms with E-state index in [9.17, 15) is 18.3 Å². The van der Waals surface area contributed by atoms with Crippen LogP contribution in [0.1, 0.15) is 28.8 Å². The van der Waals surface area contributed by atoms with Crippen molar-refractivity contribution in [2.24, 2.45) is 0 Å². The Morgan fingerprint density at radius 1 is 0.969 bits per heavy atom. The number of aromatic hydroxyl groups is 1. The number of anilines is 1. The third-order valence-electron chi connectivity index (χ3n) is 5.29. The second-order valence-corrected chi connectivity index (χ2v) is 9.45. The van der Waals surface area contributed by atoms with Crippen molar-refractivity contribution in [2.45, 2.75) is 24.3 Å². The van der Waals surface area contributed by atoms with Crippen molar-refractivity contribution in [2.75, 3.05) is 18.4 Å². The number of hydrogen-bond acceptors (Lipinski definition) is 5. The van der Waals surface area contributed by atoms with Crippen LogP contribution in [0, 0.1) is 0 Å². The largest absolute Gasteiger partial charge is 0.506 e. The molecule has 2 N–H and O–H groups in total. The number of nitrogens with one attached hydrogen (secondary N) is 1. The van der Waals surface area contributed by atoms with Crippen LogP contribution in [0.4, 0.5) is 5.69 Å². The Labute approximate surface area is 187 Å². The van der Waals surface area contributed by atoms with Gasteiger partial charge in [-0.1, -0.05) is 42.5 Å². The Bertz CT molecular complexity index is 1210. The molecule has 1 aliphatic heterocycles. The number of hydrogen-bond donors (Lipinski definition) is 2. The maximum absolute atomic E-state index is 13.0. The average Bonchev–Trinajstić information content (AvgIpc) is 3.36. The summed E-state index contributed by atoms with van der Waals surface area (Å²) in [5, 5.41) is 12.8. The van der Waals surface area contributed by atoms with Gasteiger partial charge in [-0.2, -0.15) is 4.31 Å². The Kier molecular flexibility index (Phi) is 6.43. The number of sulfonamides is 1. The van der Waals surface area contributed by atoms with Crippen molar-refractivity contribution in [3.05, 3.63) is 83.9 Å². The number of amides is 1. The fraction of sp³-hybridized carbons (Fsp3) is 0.208. The minimum absolute atomic E-state index is 0.0214. The number of ether oxygens (including phenoxy) is 1. The average molecular weight is 453 g/mol. The SMILES string of the molecule is O=C(Nc1cc(S(=O)(=O)N2CCCC2)ccc1O)c1ccccc1OCc1ccccc1. The highest BCUT2D eigenvalue weighted by molar-refractivity contribution is 7.89. The Hall–Kier alpha value is -3.36. The van der Waals surface area contributed by atoms with Gasteiger partial charge in [-0.25, -0.2) is 8.42 Å². The molecular weight excluding hydrogens is 428 g/mol. The summed E-state index contributed by atoms with van der Waals surface area (Å²) in [6.07, 6.45) is 1.64. The molecule has 8 heteroatoms. The minimum atomic E-state index is -3.68. The first kappa shape index (κ1) is 21.9. The van der Waals surface area contributed by atoms with Crippen LogP contribution in [-0.2, 0) is 16.6 Å². The Morgan fingerprint density at radius 3 is 2.41 bits per heavy atom. The lowest BCUT2D eigenvalue weighted by Crippen LogP contribution is -2.28. The molecule has 1 amide bonds. The third-order valence-corrected chi connectivity index (χ3v) is 7.18. The van der Waals surface area contributed by atoms with E-state index < -0.39 is 15.9 Å². The van der Waals surface area contributed by atoms with Gasteiger partial charge in [-0.05, 0) is 48.7 Å². The normalized spacial score (nSPS) is 14.2. The number of rotatable bonds is 7. The van der Waals surface area contributed by atoms with Gasteiger partial charge in [0.15, 0.2) is 0 Å². The molecule has 0 atom stereocenters. The first-order valence-electron chi connectivity index (χ1n) is 10.4. The number of phenolic OH excluding ortho intramolecular Hbond substituents is 1. The summed E-state index contributed by atoms with van der Waals surface area (Å²) in [6.45, 7) is 1.23. The lowest BCUT2D eigenvalue weighted by Gasteiger charge is -2.17. The van der Waals surface area contributed by atoms with Crippen molar-refractivity contribution < 1.29 is 23.1 Å². The molecule has 7 nitrogen and oxygen atoms in total. The molecule has 3 aromatic rings. The van der Waals surface area contributed by atoms with E-state index in [1.165, 1.54) is 22.5 Å². The number of carbonyl (C=O) groups excluding carboxylic acids is 1. The van der Waals surface area contributed by atoms with Crippen LogP contribution >= 0.6 is 0 Å². The van der Waals surface area contributed by atoms with E-state index in [4.69, 9.17) is 4.74 Å². The molecule has 1 heterocycles. The highest BCUT2D eigenvalue weighted by Crippen LogP contribution is 2.30. The first-order chi connectivity index (χ1) is 15.4. The summed E-state index contributed by atoms with van der Waals surface area (Å²) in [6, 6.07) is 20.2. The zero-order valence-electron chi connectivity index (χ0n) is 17.4. The van der Waals surface area contributed by atoms with E-state index in [2.05, 4.69) is 5.32 Å². The molecule has 32 heavy (non-hydrogen) atoms. The number of benzene rings is 3. The van der Waals surface area contributed by atoms with E-state index in [1.54, 1.807) is 24.3 Å². The smallest absolute Gasteiger partial charge is 0.259 e. The van der Waals surface area contributed by atoms with Crippen LogP contribution < -0.4 is 10.1 Å². The maximum Gasteiger partial charge on any atom is 0.259 e. The van der Waals surface area contributed by atoms with Gasteiger partial charge in [0.1, 0.15) is 18.1 Å². The zero-order valence-corrected chi connectivity index (χ0v) is 18.2. The first-order valence-corrected chi connectivity index (χ1v) is 11.8. The van der Waals surface area contributed by atoms with Gasteiger partial charge >= 0.3 is 0 Å². The molecule has 0 spiro atoms. The monoisotopic (exact) mass is 452 g/mol. The van der Waals surface area contributed by atoms with Crippen molar-refractivity contribution >= 4 is 21.6 Å². The summed E-state index contributed by atoms with van der Waals surface area (Å²) < 4.78 is 32.9. The number of para-hydroxylation sites is 1. The Morgan fingerprint density at radius 2 is 1.66 bits per heavy atom. The van der Waals surface area contributed by atoms with Gasteiger partial charge in [0.05, 0.1) is 16.1 Å². The molecule has 0 aliphatic carbocycles. The fourth-order valence-electron chi connectivity index (χ4n) is 3.56. The highest BCUT2D eigenvalue weighted by atomic mass is 32.2. The summed E-state index contributed by atoms with van der Waals surface area (Å²) in [5.74, 6) is -0.352. The standard InChI is InChI=1S/C24H24N2O5S/c27-22-13-12-19(32(29,30)26-14-6-7-15-26)16-21(22)25-24(28)20-10-4-5-11-23(20)31-17-18-8-2-1-3-9-18/h1-5,8-13,16,27H,6-7,14-15,17H2,(H,25,28). The summed E-state index contributed by atoms with van der Waals surface area (Å²) in [7, 11) is -3.68. The van der Waals surface area contributed by atoms with E-state index in [0.29, 0.717) is 25.4 Å². The number of carbonyl (C=O) groups is 1. The van der Waals surface area contributed by atoms with Gasteiger partial charge in [0, 0.05) is 13.1 Å². The topological polar surface area (TPSA) is 95.9 Å². The molecule has 0 radical (unpaired) electrons. The van der Waals surface area contributed by atoms with E-state index in [1.807, 2.05) is 30.3 Å². The van der Waals surface area contributed by atoms with Crippen molar-refractivity contribution in [3.8, 4) is 11.5 Å². The third kappa shape index (κ3) is 4.76. The Balaban J connectivity index is 1.54. The maximum atomic E-state index is 13.0. The molecule has 4 rings (SSSR count). The summed E-state index contributed by atoms with van der Waals surface area (Å²) in [4.78, 5) is 13.0. The van der Waals surface area contributed by atoms with Crippen LogP contribution in [0.25, 0.3) is 0 Å². The second kappa shape index (κ2) is 9.42. The lowest BCUT2D eigenvalue weighted by molar-refractivity contribution is 0.102. The molecule has 0 unspecified atom stereocenters. The molecular formula is C24H24N2O5S. The van der Waals surface area contributed by atoms with Gasteiger partial charge in [0.25, 0.3) is 5.91 Å². The molecule has 0 aromatic heterocycles. The summed E-state index contributed by atoms with van der Waals surface area (Å²) >= 11 is 0. The van der Waals surface area contributed by atoms with Crippen LogP contribution in [0.5, 0.6) is 11.5 Å². The van der Waals surface area contributed by atoms with E-state index in [0.717, 1.165) is 18.4 Å². The van der Waals surface area contributed by atoms with Crippen LogP contribution in [0.2, 0.25) is 0 Å². The quantitative estimate of drug-likeness (QED) is 0.528. The van der Waals surface area contributed by atoms with Crippen molar-refractivity contribution in [3.63, 3.8) is 0 Å². The van der Waals surface area contributed by atoms with Gasteiger partial charge in [-0.3, -0.25) is 4.79 Å². The predicted molar refractivity (Wildman–Crippen MR) is 121 cm³/mol. The molecule has 0 bridgehead atoms. The minimum Gasteiger partial charge on any atom is -0.506 e. The lowest BCUT2D eigenvalue weighted by atomic mass is 10.1. The number of nitrogens with zero attached hydrogens (tertiary/aromatic N) is 1. The second-order valence-electron chi connectivity index (χ2n) is 7.51. The highest BCUT2D eigenvalue weighted by Gasteiger charge is 2.28. The fourth-order valence-corrected chi connectivity index (χ4v) is 5.10. The molecule has 1 fully saturated rings. The van der Waals surface area contributed by atoms with Gasteiger partial charge in [-0.15, -0.1) is 0 Å². The van der Waals surface area contributed by atoms with Crippen LogP contribution in [0.3, 0.4) is 0 Å². The van der Waals surface area contributed by atoms with Crippen LogP contribution in [0.15, 0.2) is 77.7 Å². The molecule has 166 valence electrons. The predicted octanol–water partition coefficient (Wildman–Crippen LogP) is 4.01. The molecule has 3 aromatic carbocycles. The summed E-state index contributed by atoms with van der Waals surface area (Å²) in [5.41, 5.74) is 1.25. The van der Waals surface area contributed by atoms with Gasteiger partial charge < -0.3 is 15.2 Å². The molecule has 0 saturated carbocycles. The van der Waals surface area contributed by atoms with Crippen LogP contribution in [-0.4, -0.2) is 36.8 Å². The van der Waals surface area contributed by atoms with E-state index >= 15 is 0 Å². The van der Waals surface area contributed by atoms with Crippen molar-refractivity contribution in [1.29, 1.82) is 0 Å². The zero-order chi connectivity index (χ0) is 22.6. The molecule has 1 aliphatic rings.